The predicted molar refractivity (Wildman–Crippen MR) is 133 cm³/mol. The topological polar surface area (TPSA) is 73.9 Å². The summed E-state index contributed by atoms with van der Waals surface area (Å²) < 4.78 is 30.4. The Morgan fingerprint density at radius 3 is 2.46 bits per heavy atom. The minimum Gasteiger partial charge on any atom is -0.493 e. The first-order chi connectivity index (χ1) is 16.8. The molecule has 0 aromatic heterocycles. The van der Waals surface area contributed by atoms with Gasteiger partial charge in [0.15, 0.2) is 17.3 Å². The van der Waals surface area contributed by atoms with E-state index < -0.39 is 17.7 Å². The van der Waals surface area contributed by atoms with Crippen LogP contribution in [0.25, 0.3) is 0 Å². The summed E-state index contributed by atoms with van der Waals surface area (Å²) in [5, 5.41) is 3.31. The van der Waals surface area contributed by atoms with E-state index in [0.717, 1.165) is 11.3 Å². The maximum absolute atomic E-state index is 14.0. The van der Waals surface area contributed by atoms with Crippen LogP contribution >= 0.6 is 15.9 Å². The Balaban J connectivity index is 1.79. The largest absolute Gasteiger partial charge is 0.493 e. The van der Waals surface area contributed by atoms with E-state index in [9.17, 15) is 14.0 Å². The van der Waals surface area contributed by atoms with Crippen molar-refractivity contribution in [3.63, 3.8) is 0 Å². The summed E-state index contributed by atoms with van der Waals surface area (Å²) >= 11 is 3.24. The first kappa shape index (κ1) is 25.0. The van der Waals surface area contributed by atoms with Gasteiger partial charge in [-0.05, 0) is 77.5 Å². The van der Waals surface area contributed by atoms with Crippen LogP contribution in [0.2, 0.25) is 0 Å². The van der Waals surface area contributed by atoms with Crippen molar-refractivity contribution in [2.45, 2.75) is 38.5 Å². The minimum atomic E-state index is -0.652. The van der Waals surface area contributed by atoms with Crippen LogP contribution in [-0.2, 0) is 14.3 Å². The SMILES string of the molecule is CCOC(=O)C1=C(C)NC2=C(C(=O)CC(c3ccc(OC)c(OC)c3)C2)C1c1ccc(F)c(Br)c1. The third-order valence-corrected chi connectivity index (χ3v) is 7.09. The second-order valence-corrected chi connectivity index (χ2v) is 9.38. The van der Waals surface area contributed by atoms with Crippen LogP contribution in [0.15, 0.2) is 63.4 Å². The van der Waals surface area contributed by atoms with Gasteiger partial charge >= 0.3 is 5.97 Å². The molecule has 1 aliphatic carbocycles. The fraction of sp³-hybridized carbons (Fsp3) is 0.333. The quantitative estimate of drug-likeness (QED) is 0.483. The standard InChI is InChI=1S/C27H27BrFNO5/c1-5-35-27(32)24-14(2)30-20-11-17(15-7-9-22(33-3)23(13-15)34-4)12-21(31)26(20)25(24)16-6-8-19(29)18(28)10-16/h6-10,13,17,25,30H,5,11-12H2,1-4H3. The second-order valence-electron chi connectivity index (χ2n) is 8.53. The van der Waals surface area contributed by atoms with Gasteiger partial charge < -0.3 is 19.5 Å². The van der Waals surface area contributed by atoms with Gasteiger partial charge in [-0.1, -0.05) is 12.1 Å². The first-order valence-corrected chi connectivity index (χ1v) is 12.2. The Kier molecular flexibility index (Phi) is 7.31. The van der Waals surface area contributed by atoms with E-state index in [1.165, 1.54) is 6.07 Å². The number of rotatable bonds is 6. The number of esters is 1. The van der Waals surface area contributed by atoms with Crippen molar-refractivity contribution in [1.29, 1.82) is 0 Å². The van der Waals surface area contributed by atoms with E-state index in [1.807, 2.05) is 18.2 Å². The highest BCUT2D eigenvalue weighted by Crippen LogP contribution is 2.47. The van der Waals surface area contributed by atoms with Gasteiger partial charge in [0, 0.05) is 29.3 Å². The van der Waals surface area contributed by atoms with Crippen molar-refractivity contribution in [1.82, 2.24) is 5.32 Å². The molecule has 2 atom stereocenters. The van der Waals surface area contributed by atoms with Crippen LogP contribution in [-0.4, -0.2) is 32.6 Å². The molecule has 2 unspecified atom stereocenters. The Morgan fingerprint density at radius 1 is 1.09 bits per heavy atom. The number of Topliss-reactive ketones (excluding diaryl/α,β-unsaturated/α-hetero) is 1. The van der Waals surface area contributed by atoms with Gasteiger partial charge in [0.05, 0.1) is 30.9 Å². The highest BCUT2D eigenvalue weighted by Gasteiger charge is 2.41. The Morgan fingerprint density at radius 2 is 1.80 bits per heavy atom. The van der Waals surface area contributed by atoms with E-state index in [2.05, 4.69) is 21.2 Å². The normalized spacial score (nSPS) is 19.8. The van der Waals surface area contributed by atoms with Crippen molar-refractivity contribution >= 4 is 27.7 Å². The van der Waals surface area contributed by atoms with Crippen molar-refractivity contribution < 1.29 is 28.2 Å². The van der Waals surface area contributed by atoms with E-state index >= 15 is 0 Å². The molecule has 0 saturated carbocycles. The third-order valence-electron chi connectivity index (χ3n) is 6.48. The van der Waals surface area contributed by atoms with Crippen LogP contribution in [0.4, 0.5) is 4.39 Å². The summed E-state index contributed by atoms with van der Waals surface area (Å²) in [4.78, 5) is 26.6. The fourth-order valence-electron chi connectivity index (χ4n) is 4.89. The minimum absolute atomic E-state index is 0.0710. The molecule has 0 bridgehead atoms. The average molecular weight is 544 g/mol. The van der Waals surface area contributed by atoms with Gasteiger partial charge in [-0.25, -0.2) is 9.18 Å². The lowest BCUT2D eigenvalue weighted by Gasteiger charge is -2.36. The third kappa shape index (κ3) is 4.72. The summed E-state index contributed by atoms with van der Waals surface area (Å²) in [5.74, 6) is -0.494. The molecule has 35 heavy (non-hydrogen) atoms. The van der Waals surface area contributed by atoms with Crippen LogP contribution in [0.3, 0.4) is 0 Å². The zero-order valence-corrected chi connectivity index (χ0v) is 21.6. The molecule has 0 amide bonds. The predicted octanol–water partition coefficient (Wildman–Crippen LogP) is 5.53. The maximum atomic E-state index is 14.0. The summed E-state index contributed by atoms with van der Waals surface area (Å²) in [6.07, 6.45) is 0.840. The lowest BCUT2D eigenvalue weighted by molar-refractivity contribution is -0.138. The second kappa shape index (κ2) is 10.2. The number of allylic oxidation sites excluding steroid dienone is 3. The number of hydrogen-bond donors (Lipinski definition) is 1. The number of nitrogens with one attached hydrogen (secondary N) is 1. The van der Waals surface area contributed by atoms with E-state index in [-0.39, 0.29) is 29.2 Å². The lowest BCUT2D eigenvalue weighted by atomic mass is 9.71. The van der Waals surface area contributed by atoms with Crippen molar-refractivity contribution in [3.05, 3.63) is 80.4 Å². The molecule has 2 aliphatic rings. The van der Waals surface area contributed by atoms with Gasteiger partial charge in [0.25, 0.3) is 0 Å². The van der Waals surface area contributed by atoms with E-state index in [0.29, 0.717) is 40.3 Å². The molecule has 184 valence electrons. The van der Waals surface area contributed by atoms with E-state index in [1.54, 1.807) is 40.2 Å². The number of ether oxygens (including phenoxy) is 3. The number of benzene rings is 2. The maximum Gasteiger partial charge on any atom is 0.336 e. The zero-order chi connectivity index (χ0) is 25.3. The smallest absolute Gasteiger partial charge is 0.336 e. The number of hydrogen-bond acceptors (Lipinski definition) is 6. The molecule has 1 N–H and O–H groups in total. The van der Waals surface area contributed by atoms with E-state index in [4.69, 9.17) is 14.2 Å². The van der Waals surface area contributed by atoms with Crippen molar-refractivity contribution in [3.8, 4) is 11.5 Å². The molecule has 6 nitrogen and oxygen atoms in total. The summed E-state index contributed by atoms with van der Waals surface area (Å²) in [7, 11) is 3.16. The molecule has 1 aliphatic heterocycles. The lowest BCUT2D eigenvalue weighted by Crippen LogP contribution is -2.36. The van der Waals surface area contributed by atoms with Crippen LogP contribution in [0.5, 0.6) is 11.5 Å². The molecule has 1 heterocycles. The molecule has 0 saturated heterocycles. The fourth-order valence-corrected chi connectivity index (χ4v) is 5.28. The highest BCUT2D eigenvalue weighted by molar-refractivity contribution is 9.10. The number of carbonyl (C=O) groups is 2. The number of methoxy groups -OCH3 is 2. The summed E-state index contributed by atoms with van der Waals surface area (Å²) in [6.45, 7) is 3.74. The van der Waals surface area contributed by atoms with Crippen molar-refractivity contribution in [2.75, 3.05) is 20.8 Å². The molecular weight excluding hydrogens is 517 g/mol. The highest BCUT2D eigenvalue weighted by atomic mass is 79.9. The number of ketones is 1. The van der Waals surface area contributed by atoms with Gasteiger partial charge in [-0.3, -0.25) is 4.79 Å². The molecule has 0 radical (unpaired) electrons. The van der Waals surface area contributed by atoms with Crippen LogP contribution < -0.4 is 14.8 Å². The Bertz CT molecular complexity index is 1250. The molecular formula is C27H27BrFNO5. The molecule has 2 aromatic carbocycles. The average Bonchev–Trinajstić information content (AvgIpc) is 2.84. The molecule has 8 heteroatoms. The summed E-state index contributed by atoms with van der Waals surface area (Å²) in [5.41, 5.74) is 3.87. The molecule has 0 fully saturated rings. The monoisotopic (exact) mass is 543 g/mol. The first-order valence-electron chi connectivity index (χ1n) is 11.4. The molecule has 0 spiro atoms. The Labute approximate surface area is 212 Å². The van der Waals surface area contributed by atoms with Crippen molar-refractivity contribution in [2.24, 2.45) is 0 Å². The molecule has 2 aromatic rings. The van der Waals surface area contributed by atoms with Gasteiger partial charge in [0.1, 0.15) is 5.82 Å². The van der Waals surface area contributed by atoms with Crippen LogP contribution in [0.1, 0.15) is 49.7 Å². The number of dihydropyridines is 1. The van der Waals surface area contributed by atoms with Gasteiger partial charge in [-0.2, -0.15) is 0 Å². The van der Waals surface area contributed by atoms with Crippen LogP contribution in [0, 0.1) is 5.82 Å². The Hall–Kier alpha value is -3.13. The number of carbonyl (C=O) groups excluding carboxylic acids is 2. The zero-order valence-electron chi connectivity index (χ0n) is 20.0. The number of halogens is 2. The molecule has 4 rings (SSSR count). The summed E-state index contributed by atoms with van der Waals surface area (Å²) in [6, 6.07) is 10.2. The van der Waals surface area contributed by atoms with Gasteiger partial charge in [0.2, 0.25) is 0 Å². The van der Waals surface area contributed by atoms with Gasteiger partial charge in [-0.15, -0.1) is 0 Å².